The number of rotatable bonds is 3. The SMILES string of the molecule is Nc1ccccc1C1(O)CCN(Cc2ccccc2)CC1. The van der Waals surface area contributed by atoms with Crippen molar-refractivity contribution in [2.24, 2.45) is 0 Å². The first-order chi connectivity index (χ1) is 10.2. The summed E-state index contributed by atoms with van der Waals surface area (Å²) in [6, 6.07) is 18.1. The fourth-order valence-corrected chi connectivity index (χ4v) is 3.11. The molecule has 3 nitrogen and oxygen atoms in total. The van der Waals surface area contributed by atoms with E-state index in [1.54, 1.807) is 0 Å². The first-order valence-corrected chi connectivity index (χ1v) is 7.51. The summed E-state index contributed by atoms with van der Waals surface area (Å²) < 4.78 is 0. The van der Waals surface area contributed by atoms with Gasteiger partial charge < -0.3 is 10.8 Å². The highest BCUT2D eigenvalue weighted by Gasteiger charge is 2.35. The van der Waals surface area contributed by atoms with Gasteiger partial charge in [0, 0.05) is 30.9 Å². The lowest BCUT2D eigenvalue weighted by Crippen LogP contribution is -2.42. The van der Waals surface area contributed by atoms with Crippen LogP contribution in [0.1, 0.15) is 24.0 Å². The zero-order chi connectivity index (χ0) is 14.7. The molecular weight excluding hydrogens is 260 g/mol. The summed E-state index contributed by atoms with van der Waals surface area (Å²) in [6.45, 7) is 2.72. The molecule has 1 fully saturated rings. The van der Waals surface area contributed by atoms with Crippen LogP contribution in [0.5, 0.6) is 0 Å². The molecule has 0 spiro atoms. The zero-order valence-corrected chi connectivity index (χ0v) is 12.2. The third-order valence-corrected chi connectivity index (χ3v) is 4.39. The smallest absolute Gasteiger partial charge is 0.0940 e. The van der Waals surface area contributed by atoms with Crippen LogP contribution in [0.25, 0.3) is 0 Å². The molecule has 21 heavy (non-hydrogen) atoms. The molecule has 1 aliphatic heterocycles. The van der Waals surface area contributed by atoms with Crippen LogP contribution in [-0.4, -0.2) is 23.1 Å². The van der Waals surface area contributed by atoms with Crippen molar-refractivity contribution >= 4 is 5.69 Å². The summed E-state index contributed by atoms with van der Waals surface area (Å²) in [5, 5.41) is 10.9. The number of benzene rings is 2. The van der Waals surface area contributed by atoms with Crippen molar-refractivity contribution in [1.29, 1.82) is 0 Å². The Morgan fingerprint density at radius 3 is 2.24 bits per heavy atom. The Morgan fingerprint density at radius 1 is 0.952 bits per heavy atom. The molecule has 2 aromatic rings. The number of nitrogens with two attached hydrogens (primary N) is 1. The van der Waals surface area contributed by atoms with Crippen molar-refractivity contribution < 1.29 is 5.11 Å². The largest absolute Gasteiger partial charge is 0.398 e. The highest BCUT2D eigenvalue weighted by Crippen LogP contribution is 2.36. The van der Waals surface area contributed by atoms with Gasteiger partial charge in [-0.3, -0.25) is 4.90 Å². The number of aliphatic hydroxyl groups is 1. The van der Waals surface area contributed by atoms with E-state index >= 15 is 0 Å². The molecule has 0 aliphatic carbocycles. The van der Waals surface area contributed by atoms with Crippen molar-refractivity contribution in [3.8, 4) is 0 Å². The maximum atomic E-state index is 10.9. The maximum Gasteiger partial charge on any atom is 0.0940 e. The van der Waals surface area contributed by atoms with Crippen LogP contribution in [0.15, 0.2) is 54.6 Å². The van der Waals surface area contributed by atoms with E-state index < -0.39 is 5.60 Å². The quantitative estimate of drug-likeness (QED) is 0.851. The average molecular weight is 282 g/mol. The summed E-state index contributed by atoms with van der Waals surface area (Å²) in [5.41, 5.74) is 8.13. The van der Waals surface area contributed by atoms with Crippen molar-refractivity contribution in [3.05, 3.63) is 65.7 Å². The average Bonchev–Trinajstić information content (AvgIpc) is 2.51. The summed E-state index contributed by atoms with van der Waals surface area (Å²) in [6.07, 6.45) is 1.46. The number of anilines is 1. The van der Waals surface area contributed by atoms with Crippen LogP contribution in [0.4, 0.5) is 5.69 Å². The molecule has 110 valence electrons. The standard InChI is InChI=1S/C18H22N2O/c19-17-9-5-4-8-16(17)18(21)10-12-20(13-11-18)14-15-6-2-1-3-7-15/h1-9,21H,10-14,19H2. The van der Waals surface area contributed by atoms with Gasteiger partial charge >= 0.3 is 0 Å². The predicted octanol–water partition coefficient (Wildman–Crippen LogP) is 2.75. The van der Waals surface area contributed by atoms with Crippen LogP contribution >= 0.6 is 0 Å². The fourth-order valence-electron chi connectivity index (χ4n) is 3.11. The van der Waals surface area contributed by atoms with Gasteiger partial charge in [0.25, 0.3) is 0 Å². The molecule has 0 amide bonds. The number of para-hydroxylation sites is 1. The van der Waals surface area contributed by atoms with Crippen molar-refractivity contribution in [3.63, 3.8) is 0 Å². The van der Waals surface area contributed by atoms with E-state index in [2.05, 4.69) is 29.2 Å². The molecule has 0 saturated carbocycles. The highest BCUT2D eigenvalue weighted by atomic mass is 16.3. The Kier molecular flexibility index (Phi) is 3.95. The second-order valence-electron chi connectivity index (χ2n) is 5.88. The summed E-state index contributed by atoms with van der Waals surface area (Å²) in [5.74, 6) is 0. The molecule has 1 heterocycles. The van der Waals surface area contributed by atoms with E-state index in [4.69, 9.17) is 5.73 Å². The summed E-state index contributed by atoms with van der Waals surface area (Å²) >= 11 is 0. The van der Waals surface area contributed by atoms with Gasteiger partial charge in [-0.15, -0.1) is 0 Å². The molecule has 3 N–H and O–H groups in total. The third-order valence-electron chi connectivity index (χ3n) is 4.39. The number of likely N-dealkylation sites (tertiary alicyclic amines) is 1. The lowest BCUT2D eigenvalue weighted by Gasteiger charge is -2.39. The van der Waals surface area contributed by atoms with E-state index in [0.29, 0.717) is 5.69 Å². The van der Waals surface area contributed by atoms with Gasteiger partial charge in [0.15, 0.2) is 0 Å². The minimum absolute atomic E-state index is 0.691. The number of hydrogen-bond donors (Lipinski definition) is 2. The lowest BCUT2D eigenvalue weighted by molar-refractivity contribution is -0.0271. The maximum absolute atomic E-state index is 10.9. The highest BCUT2D eigenvalue weighted by molar-refractivity contribution is 5.49. The molecular formula is C18H22N2O. The number of nitrogen functional groups attached to an aromatic ring is 1. The van der Waals surface area contributed by atoms with Gasteiger partial charge in [0.2, 0.25) is 0 Å². The van der Waals surface area contributed by atoms with E-state index in [9.17, 15) is 5.11 Å². The molecule has 3 heteroatoms. The number of hydrogen-bond acceptors (Lipinski definition) is 3. The Balaban J connectivity index is 1.66. The van der Waals surface area contributed by atoms with Gasteiger partial charge in [0.1, 0.15) is 0 Å². The Hall–Kier alpha value is -1.84. The molecule has 1 aliphatic rings. The normalized spacial score (nSPS) is 18.5. The van der Waals surface area contributed by atoms with Crippen molar-refractivity contribution in [2.45, 2.75) is 25.0 Å². The second kappa shape index (κ2) is 5.88. The number of nitrogens with zero attached hydrogens (tertiary/aromatic N) is 1. The number of piperidine rings is 1. The Morgan fingerprint density at radius 2 is 1.57 bits per heavy atom. The van der Waals surface area contributed by atoms with E-state index in [-0.39, 0.29) is 0 Å². The Bertz CT molecular complexity index is 589. The molecule has 0 atom stereocenters. The van der Waals surface area contributed by atoms with Crippen LogP contribution in [0, 0.1) is 0 Å². The molecule has 0 unspecified atom stereocenters. The molecule has 2 aromatic carbocycles. The predicted molar refractivity (Wildman–Crippen MR) is 85.7 cm³/mol. The van der Waals surface area contributed by atoms with Gasteiger partial charge in [-0.1, -0.05) is 48.5 Å². The Labute approximate surface area is 126 Å². The van der Waals surface area contributed by atoms with E-state index in [1.807, 2.05) is 30.3 Å². The first-order valence-electron chi connectivity index (χ1n) is 7.51. The summed E-state index contributed by atoms with van der Waals surface area (Å²) in [4.78, 5) is 2.39. The molecule has 0 bridgehead atoms. The molecule has 0 aromatic heterocycles. The van der Waals surface area contributed by atoms with E-state index in [1.165, 1.54) is 5.56 Å². The summed E-state index contributed by atoms with van der Waals surface area (Å²) in [7, 11) is 0. The molecule has 3 rings (SSSR count). The molecule has 0 radical (unpaired) electrons. The topological polar surface area (TPSA) is 49.5 Å². The van der Waals surface area contributed by atoms with Crippen LogP contribution in [0.3, 0.4) is 0 Å². The van der Waals surface area contributed by atoms with Gasteiger partial charge in [0.05, 0.1) is 5.60 Å². The van der Waals surface area contributed by atoms with Crippen molar-refractivity contribution in [2.75, 3.05) is 18.8 Å². The first kappa shape index (κ1) is 14.1. The minimum Gasteiger partial charge on any atom is -0.398 e. The second-order valence-corrected chi connectivity index (χ2v) is 5.88. The lowest BCUT2D eigenvalue weighted by atomic mass is 9.83. The van der Waals surface area contributed by atoms with Gasteiger partial charge in [-0.2, -0.15) is 0 Å². The minimum atomic E-state index is -0.779. The van der Waals surface area contributed by atoms with Crippen LogP contribution < -0.4 is 5.73 Å². The third kappa shape index (κ3) is 3.09. The van der Waals surface area contributed by atoms with Crippen LogP contribution in [0.2, 0.25) is 0 Å². The van der Waals surface area contributed by atoms with Gasteiger partial charge in [-0.05, 0) is 24.5 Å². The fraction of sp³-hybridized carbons (Fsp3) is 0.333. The van der Waals surface area contributed by atoms with Crippen molar-refractivity contribution in [1.82, 2.24) is 4.90 Å². The molecule has 1 saturated heterocycles. The monoisotopic (exact) mass is 282 g/mol. The van der Waals surface area contributed by atoms with Gasteiger partial charge in [-0.25, -0.2) is 0 Å². The zero-order valence-electron chi connectivity index (χ0n) is 12.2. The van der Waals surface area contributed by atoms with E-state index in [0.717, 1.165) is 38.0 Å². The van der Waals surface area contributed by atoms with Crippen LogP contribution in [-0.2, 0) is 12.1 Å².